The molecule has 0 aliphatic rings. The van der Waals surface area contributed by atoms with E-state index in [1.807, 2.05) is 60.2 Å². The molecule has 6 heteroatoms. The van der Waals surface area contributed by atoms with Crippen LogP contribution in [-0.2, 0) is 11.3 Å². The number of hydrogen-bond donors (Lipinski definition) is 1. The van der Waals surface area contributed by atoms with Gasteiger partial charge in [-0.25, -0.2) is 4.98 Å². The van der Waals surface area contributed by atoms with Gasteiger partial charge in [-0.3, -0.25) is 9.78 Å². The van der Waals surface area contributed by atoms with Gasteiger partial charge >= 0.3 is 0 Å². The zero-order valence-corrected chi connectivity index (χ0v) is 14.1. The van der Waals surface area contributed by atoms with Gasteiger partial charge in [0.2, 0.25) is 0 Å². The lowest BCUT2D eigenvalue weighted by Gasteiger charge is -2.10. The molecule has 1 amide bonds. The number of carbonyl (C=O) groups excluding carboxylic acids is 1. The molecule has 0 aliphatic carbocycles. The quantitative estimate of drug-likeness (QED) is 0.719. The first-order chi connectivity index (χ1) is 12.2. The normalized spacial score (nSPS) is 10.4. The van der Waals surface area contributed by atoms with E-state index in [0.717, 1.165) is 22.8 Å². The molecule has 128 valence electrons. The summed E-state index contributed by atoms with van der Waals surface area (Å²) in [5.74, 6) is 1.36. The predicted octanol–water partition coefficient (Wildman–Crippen LogP) is 2.45. The van der Waals surface area contributed by atoms with Crippen molar-refractivity contribution in [2.45, 2.75) is 13.5 Å². The molecular weight excluding hydrogens is 316 g/mol. The summed E-state index contributed by atoms with van der Waals surface area (Å²) < 4.78 is 7.50. The Balaban J connectivity index is 1.48. The summed E-state index contributed by atoms with van der Waals surface area (Å²) in [6.07, 6.45) is 5.34. The van der Waals surface area contributed by atoms with Crippen LogP contribution in [0.3, 0.4) is 0 Å². The molecule has 0 saturated carbocycles. The number of aryl methyl sites for hydroxylation is 1. The van der Waals surface area contributed by atoms with Crippen LogP contribution in [0.5, 0.6) is 5.75 Å². The average Bonchev–Trinajstić information content (AvgIpc) is 3.10. The molecule has 2 aromatic heterocycles. The summed E-state index contributed by atoms with van der Waals surface area (Å²) in [4.78, 5) is 20.6. The number of carbonyl (C=O) groups is 1. The van der Waals surface area contributed by atoms with Gasteiger partial charge in [0.05, 0.1) is 0 Å². The van der Waals surface area contributed by atoms with Crippen LogP contribution in [0.4, 0.5) is 0 Å². The number of ether oxygens (including phenoxy) is 1. The number of benzene rings is 1. The van der Waals surface area contributed by atoms with E-state index in [1.54, 1.807) is 12.4 Å². The first kappa shape index (κ1) is 16.7. The van der Waals surface area contributed by atoms with Crippen molar-refractivity contribution < 1.29 is 9.53 Å². The fourth-order valence-electron chi connectivity index (χ4n) is 2.45. The molecule has 0 atom stereocenters. The van der Waals surface area contributed by atoms with Crippen LogP contribution in [0.2, 0.25) is 0 Å². The molecule has 3 aromatic rings. The SMILES string of the molecule is Cc1ccccc1OCC(=O)NCCn1ccnc1-c1ccccn1. The summed E-state index contributed by atoms with van der Waals surface area (Å²) in [5, 5.41) is 2.86. The van der Waals surface area contributed by atoms with E-state index in [4.69, 9.17) is 4.74 Å². The number of imidazole rings is 1. The van der Waals surface area contributed by atoms with Crippen LogP contribution in [0, 0.1) is 6.92 Å². The van der Waals surface area contributed by atoms with Crippen LogP contribution in [0.25, 0.3) is 11.5 Å². The Labute approximate surface area is 146 Å². The molecule has 0 fully saturated rings. The maximum Gasteiger partial charge on any atom is 0.258 e. The van der Waals surface area contributed by atoms with E-state index in [-0.39, 0.29) is 12.5 Å². The number of aromatic nitrogens is 3. The third-order valence-corrected chi connectivity index (χ3v) is 3.74. The molecule has 0 saturated heterocycles. The molecule has 6 nitrogen and oxygen atoms in total. The van der Waals surface area contributed by atoms with Crippen molar-refractivity contribution in [3.63, 3.8) is 0 Å². The van der Waals surface area contributed by atoms with Crippen LogP contribution >= 0.6 is 0 Å². The van der Waals surface area contributed by atoms with Crippen molar-refractivity contribution in [3.05, 3.63) is 66.6 Å². The van der Waals surface area contributed by atoms with Gasteiger partial charge in [-0.1, -0.05) is 24.3 Å². The van der Waals surface area contributed by atoms with Crippen molar-refractivity contribution in [3.8, 4) is 17.3 Å². The van der Waals surface area contributed by atoms with E-state index in [9.17, 15) is 4.79 Å². The number of hydrogen-bond acceptors (Lipinski definition) is 4. The Morgan fingerprint density at radius 3 is 2.76 bits per heavy atom. The number of amides is 1. The minimum atomic E-state index is -0.150. The number of para-hydroxylation sites is 1. The topological polar surface area (TPSA) is 69.0 Å². The second kappa shape index (κ2) is 8.10. The first-order valence-corrected chi connectivity index (χ1v) is 8.12. The molecule has 0 aliphatic heterocycles. The smallest absolute Gasteiger partial charge is 0.258 e. The van der Waals surface area contributed by atoms with Gasteiger partial charge in [0, 0.05) is 31.7 Å². The van der Waals surface area contributed by atoms with Gasteiger partial charge in [0.25, 0.3) is 5.91 Å². The van der Waals surface area contributed by atoms with Gasteiger partial charge in [0.15, 0.2) is 12.4 Å². The van der Waals surface area contributed by atoms with Gasteiger partial charge in [-0.2, -0.15) is 0 Å². The lowest BCUT2D eigenvalue weighted by atomic mass is 10.2. The number of rotatable bonds is 7. The Morgan fingerprint density at radius 1 is 1.12 bits per heavy atom. The van der Waals surface area contributed by atoms with Crippen molar-refractivity contribution in [1.29, 1.82) is 0 Å². The molecule has 25 heavy (non-hydrogen) atoms. The highest BCUT2D eigenvalue weighted by Gasteiger charge is 2.08. The van der Waals surface area contributed by atoms with E-state index >= 15 is 0 Å². The summed E-state index contributed by atoms with van der Waals surface area (Å²) in [6.45, 7) is 3.06. The summed E-state index contributed by atoms with van der Waals surface area (Å²) in [6, 6.07) is 13.3. The molecule has 1 N–H and O–H groups in total. The van der Waals surface area contributed by atoms with E-state index in [1.165, 1.54) is 0 Å². The first-order valence-electron chi connectivity index (χ1n) is 8.12. The van der Waals surface area contributed by atoms with Crippen molar-refractivity contribution in [1.82, 2.24) is 19.9 Å². The standard InChI is InChI=1S/C19H20N4O2/c1-15-6-2-3-8-17(15)25-14-18(24)21-10-12-23-13-11-22-19(23)16-7-4-5-9-20-16/h2-9,11,13H,10,12,14H2,1H3,(H,21,24). The van der Waals surface area contributed by atoms with Crippen LogP contribution in [0.15, 0.2) is 61.1 Å². The van der Waals surface area contributed by atoms with Crippen molar-refractivity contribution in [2.75, 3.05) is 13.2 Å². The average molecular weight is 336 g/mol. The number of nitrogens with zero attached hydrogens (tertiary/aromatic N) is 3. The largest absolute Gasteiger partial charge is 0.484 e. The third-order valence-electron chi connectivity index (χ3n) is 3.74. The minimum absolute atomic E-state index is 0.00186. The van der Waals surface area contributed by atoms with E-state index in [2.05, 4.69) is 15.3 Å². The molecule has 0 radical (unpaired) electrons. The Bertz CT molecular complexity index is 830. The van der Waals surface area contributed by atoms with Crippen molar-refractivity contribution in [2.24, 2.45) is 0 Å². The van der Waals surface area contributed by atoms with Crippen molar-refractivity contribution >= 4 is 5.91 Å². The van der Waals surface area contributed by atoms with Crippen LogP contribution in [0.1, 0.15) is 5.56 Å². The molecule has 3 rings (SSSR count). The van der Waals surface area contributed by atoms with Crippen LogP contribution < -0.4 is 10.1 Å². The monoisotopic (exact) mass is 336 g/mol. The minimum Gasteiger partial charge on any atom is -0.484 e. The molecule has 2 heterocycles. The molecule has 0 unspecified atom stereocenters. The second-order valence-electron chi connectivity index (χ2n) is 5.56. The molecule has 1 aromatic carbocycles. The van der Waals surface area contributed by atoms with E-state index in [0.29, 0.717) is 13.1 Å². The zero-order valence-electron chi connectivity index (χ0n) is 14.1. The second-order valence-corrected chi connectivity index (χ2v) is 5.56. The molecular formula is C19H20N4O2. The lowest BCUT2D eigenvalue weighted by molar-refractivity contribution is -0.123. The molecule has 0 bridgehead atoms. The fourth-order valence-corrected chi connectivity index (χ4v) is 2.45. The third kappa shape index (κ3) is 4.44. The maximum absolute atomic E-state index is 11.9. The zero-order chi connectivity index (χ0) is 17.5. The highest BCUT2D eigenvalue weighted by Crippen LogP contribution is 2.16. The highest BCUT2D eigenvalue weighted by molar-refractivity contribution is 5.77. The predicted molar refractivity (Wildman–Crippen MR) is 95.1 cm³/mol. The van der Waals surface area contributed by atoms with Gasteiger partial charge in [0.1, 0.15) is 11.4 Å². The fraction of sp³-hybridized carbons (Fsp3) is 0.211. The number of nitrogens with one attached hydrogen (secondary N) is 1. The highest BCUT2D eigenvalue weighted by atomic mass is 16.5. The Kier molecular flexibility index (Phi) is 5.41. The van der Waals surface area contributed by atoms with Gasteiger partial charge in [-0.05, 0) is 30.7 Å². The van der Waals surface area contributed by atoms with Gasteiger partial charge in [-0.15, -0.1) is 0 Å². The maximum atomic E-state index is 11.9. The van der Waals surface area contributed by atoms with Crippen LogP contribution in [-0.4, -0.2) is 33.6 Å². The summed E-state index contributed by atoms with van der Waals surface area (Å²) in [5.41, 5.74) is 1.82. The van der Waals surface area contributed by atoms with Gasteiger partial charge < -0.3 is 14.6 Å². The Morgan fingerprint density at radius 2 is 1.96 bits per heavy atom. The van der Waals surface area contributed by atoms with E-state index < -0.39 is 0 Å². The lowest BCUT2D eigenvalue weighted by Crippen LogP contribution is -2.31. The Hall–Kier alpha value is -3.15. The summed E-state index contributed by atoms with van der Waals surface area (Å²) >= 11 is 0. The summed E-state index contributed by atoms with van der Waals surface area (Å²) in [7, 11) is 0. The number of pyridine rings is 1. The molecule has 0 spiro atoms.